The van der Waals surface area contributed by atoms with Crippen LogP contribution in [0.25, 0.3) is 0 Å². The van der Waals surface area contributed by atoms with Gasteiger partial charge in [-0.1, -0.05) is 20.8 Å². The van der Waals surface area contributed by atoms with Crippen LogP contribution in [0.2, 0.25) is 0 Å². The minimum absolute atomic E-state index is 0.0956. The molecule has 0 aliphatic carbocycles. The SMILES string of the molecule is CNn1ncc(Br)c1C(C)(C)C. The molecule has 0 aromatic carbocycles. The molecule has 0 fully saturated rings. The highest BCUT2D eigenvalue weighted by Crippen LogP contribution is 2.28. The number of hydrogen-bond acceptors (Lipinski definition) is 2. The molecular weight excluding hydrogens is 218 g/mol. The van der Waals surface area contributed by atoms with Crippen molar-refractivity contribution in [1.82, 2.24) is 9.89 Å². The highest BCUT2D eigenvalue weighted by atomic mass is 79.9. The molecule has 0 spiro atoms. The molecule has 1 N–H and O–H groups in total. The Morgan fingerprint density at radius 3 is 2.42 bits per heavy atom. The zero-order valence-corrected chi connectivity index (χ0v) is 9.44. The van der Waals surface area contributed by atoms with Crippen LogP contribution < -0.4 is 5.43 Å². The van der Waals surface area contributed by atoms with Crippen LogP contribution in [0.1, 0.15) is 26.5 Å². The Balaban J connectivity index is 3.19. The predicted octanol–water partition coefficient (Wildman–Crippen LogP) is 2.12. The van der Waals surface area contributed by atoms with E-state index in [1.807, 2.05) is 7.05 Å². The first-order chi connectivity index (χ1) is 5.46. The van der Waals surface area contributed by atoms with Crippen molar-refractivity contribution < 1.29 is 0 Å². The Kier molecular flexibility index (Phi) is 2.46. The molecule has 1 rings (SSSR count). The Morgan fingerprint density at radius 2 is 2.08 bits per heavy atom. The number of nitrogens with zero attached hydrogens (tertiary/aromatic N) is 2. The zero-order chi connectivity index (χ0) is 9.35. The van der Waals surface area contributed by atoms with E-state index in [0.717, 1.165) is 10.2 Å². The fourth-order valence-electron chi connectivity index (χ4n) is 1.17. The summed E-state index contributed by atoms with van der Waals surface area (Å²) in [4.78, 5) is 1.78. The van der Waals surface area contributed by atoms with Gasteiger partial charge in [-0.15, -0.1) is 0 Å². The van der Waals surface area contributed by atoms with Crippen molar-refractivity contribution in [2.24, 2.45) is 0 Å². The fourth-order valence-corrected chi connectivity index (χ4v) is 2.03. The lowest BCUT2D eigenvalue weighted by Gasteiger charge is -2.20. The van der Waals surface area contributed by atoms with E-state index in [0.29, 0.717) is 0 Å². The molecule has 0 bridgehead atoms. The van der Waals surface area contributed by atoms with Gasteiger partial charge >= 0.3 is 0 Å². The zero-order valence-electron chi connectivity index (χ0n) is 7.85. The third-order valence-electron chi connectivity index (χ3n) is 1.65. The molecular formula is C8H14BrN3. The first-order valence-corrected chi connectivity index (χ1v) is 4.68. The van der Waals surface area contributed by atoms with Crippen LogP contribution in [0.15, 0.2) is 10.7 Å². The number of hydrogen-bond donors (Lipinski definition) is 1. The van der Waals surface area contributed by atoms with Gasteiger partial charge in [0.1, 0.15) is 0 Å². The van der Waals surface area contributed by atoms with Crippen LogP contribution >= 0.6 is 15.9 Å². The summed E-state index contributed by atoms with van der Waals surface area (Å²) in [6, 6.07) is 0. The molecule has 3 nitrogen and oxygen atoms in total. The molecule has 0 unspecified atom stereocenters. The lowest BCUT2D eigenvalue weighted by Crippen LogP contribution is -2.23. The highest BCUT2D eigenvalue weighted by Gasteiger charge is 2.22. The molecule has 0 radical (unpaired) electrons. The summed E-state index contributed by atoms with van der Waals surface area (Å²) in [5, 5.41) is 4.16. The number of halogens is 1. The minimum atomic E-state index is 0.0956. The van der Waals surface area contributed by atoms with Gasteiger partial charge in [0.2, 0.25) is 0 Å². The molecule has 4 heteroatoms. The maximum absolute atomic E-state index is 4.16. The Morgan fingerprint density at radius 1 is 1.50 bits per heavy atom. The second kappa shape index (κ2) is 3.09. The molecule has 0 saturated carbocycles. The molecule has 12 heavy (non-hydrogen) atoms. The summed E-state index contributed by atoms with van der Waals surface area (Å²) in [5.41, 5.74) is 4.25. The molecule has 1 heterocycles. The summed E-state index contributed by atoms with van der Waals surface area (Å²) < 4.78 is 1.05. The average Bonchev–Trinajstić information content (AvgIpc) is 2.29. The van der Waals surface area contributed by atoms with E-state index in [1.54, 1.807) is 11.0 Å². The van der Waals surface area contributed by atoms with Crippen molar-refractivity contribution in [2.75, 3.05) is 12.5 Å². The lowest BCUT2D eigenvalue weighted by molar-refractivity contribution is 0.525. The monoisotopic (exact) mass is 231 g/mol. The van der Waals surface area contributed by atoms with Crippen molar-refractivity contribution in [1.29, 1.82) is 0 Å². The maximum Gasteiger partial charge on any atom is 0.0814 e. The van der Waals surface area contributed by atoms with E-state index >= 15 is 0 Å². The average molecular weight is 232 g/mol. The third-order valence-corrected chi connectivity index (χ3v) is 2.23. The second-order valence-electron chi connectivity index (χ2n) is 3.73. The fraction of sp³-hybridized carbons (Fsp3) is 0.625. The first kappa shape index (κ1) is 9.58. The topological polar surface area (TPSA) is 29.9 Å². The maximum atomic E-state index is 4.16. The van der Waals surface area contributed by atoms with Crippen LogP contribution in [-0.2, 0) is 5.41 Å². The summed E-state index contributed by atoms with van der Waals surface area (Å²) in [7, 11) is 1.86. The van der Waals surface area contributed by atoms with Gasteiger partial charge in [0, 0.05) is 12.5 Å². The van der Waals surface area contributed by atoms with Gasteiger partial charge in [0.05, 0.1) is 16.4 Å². The van der Waals surface area contributed by atoms with E-state index in [4.69, 9.17) is 0 Å². The number of nitrogens with one attached hydrogen (secondary N) is 1. The molecule has 0 saturated heterocycles. The van der Waals surface area contributed by atoms with Gasteiger partial charge in [0.25, 0.3) is 0 Å². The number of aromatic nitrogens is 2. The summed E-state index contributed by atoms with van der Waals surface area (Å²) in [5.74, 6) is 0. The number of rotatable bonds is 1. The lowest BCUT2D eigenvalue weighted by atomic mass is 9.92. The van der Waals surface area contributed by atoms with Gasteiger partial charge in [-0.3, -0.25) is 0 Å². The van der Waals surface area contributed by atoms with Crippen LogP contribution in [0.3, 0.4) is 0 Å². The van der Waals surface area contributed by atoms with Crippen molar-refractivity contribution in [3.05, 3.63) is 16.4 Å². The van der Waals surface area contributed by atoms with Gasteiger partial charge in [-0.2, -0.15) is 9.89 Å². The van der Waals surface area contributed by atoms with E-state index < -0.39 is 0 Å². The van der Waals surface area contributed by atoms with Crippen molar-refractivity contribution in [2.45, 2.75) is 26.2 Å². The smallest absolute Gasteiger partial charge is 0.0814 e. The van der Waals surface area contributed by atoms with Crippen LogP contribution in [0.4, 0.5) is 0 Å². The van der Waals surface area contributed by atoms with E-state index in [9.17, 15) is 0 Å². The van der Waals surface area contributed by atoms with Gasteiger partial charge in [-0.25, -0.2) is 0 Å². The standard InChI is InChI=1S/C8H14BrN3/c1-8(2,3)7-6(9)5-11-12(7)10-4/h5,10H,1-4H3. The summed E-state index contributed by atoms with van der Waals surface area (Å²) >= 11 is 3.47. The Hall–Kier alpha value is -0.510. The minimum Gasteiger partial charge on any atom is -0.313 e. The van der Waals surface area contributed by atoms with Gasteiger partial charge < -0.3 is 5.43 Å². The van der Waals surface area contributed by atoms with E-state index in [-0.39, 0.29) is 5.41 Å². The van der Waals surface area contributed by atoms with Crippen LogP contribution in [-0.4, -0.2) is 16.9 Å². The first-order valence-electron chi connectivity index (χ1n) is 3.88. The molecule has 1 aromatic rings. The van der Waals surface area contributed by atoms with Crippen LogP contribution in [0.5, 0.6) is 0 Å². The quantitative estimate of drug-likeness (QED) is 0.803. The third kappa shape index (κ3) is 1.63. The second-order valence-corrected chi connectivity index (χ2v) is 4.58. The Labute approximate surface area is 81.3 Å². The molecule has 0 aliphatic heterocycles. The predicted molar refractivity (Wildman–Crippen MR) is 53.9 cm³/mol. The highest BCUT2D eigenvalue weighted by molar-refractivity contribution is 9.10. The normalized spacial score (nSPS) is 11.8. The van der Waals surface area contributed by atoms with Crippen LogP contribution in [0, 0.1) is 0 Å². The summed E-state index contributed by atoms with van der Waals surface area (Å²) in [6.45, 7) is 6.47. The molecule has 0 amide bonds. The molecule has 1 aromatic heterocycles. The van der Waals surface area contributed by atoms with E-state index in [2.05, 4.69) is 47.2 Å². The van der Waals surface area contributed by atoms with Gasteiger partial charge in [0.15, 0.2) is 0 Å². The molecule has 68 valence electrons. The summed E-state index contributed by atoms with van der Waals surface area (Å²) in [6.07, 6.45) is 1.80. The van der Waals surface area contributed by atoms with E-state index in [1.165, 1.54) is 0 Å². The van der Waals surface area contributed by atoms with Crippen molar-refractivity contribution >= 4 is 15.9 Å². The van der Waals surface area contributed by atoms with Gasteiger partial charge in [-0.05, 0) is 15.9 Å². The Bertz CT molecular complexity index is 272. The molecule has 0 aliphatic rings. The largest absolute Gasteiger partial charge is 0.313 e. The van der Waals surface area contributed by atoms with Crippen molar-refractivity contribution in [3.63, 3.8) is 0 Å². The van der Waals surface area contributed by atoms with Crippen molar-refractivity contribution in [3.8, 4) is 0 Å². The molecule has 0 atom stereocenters.